The first-order chi connectivity index (χ1) is 28.3. The Hall–Kier alpha value is -7.62. The predicted molar refractivity (Wildman–Crippen MR) is 239 cm³/mol. The van der Waals surface area contributed by atoms with Gasteiger partial charge in [0.15, 0.2) is 0 Å². The van der Waals surface area contributed by atoms with Crippen molar-refractivity contribution in [1.82, 2.24) is 4.57 Å². The number of fused-ring (bicyclic) bond motifs is 6. The van der Waals surface area contributed by atoms with Crippen LogP contribution in [0, 0.1) is 0 Å². The molecule has 0 atom stereocenters. The van der Waals surface area contributed by atoms with E-state index in [1.54, 1.807) is 0 Å². The van der Waals surface area contributed by atoms with Crippen LogP contribution in [0.25, 0.3) is 82.8 Å². The van der Waals surface area contributed by atoms with Crippen molar-refractivity contribution in [3.63, 3.8) is 0 Å². The average Bonchev–Trinajstić information content (AvgIpc) is 3.84. The van der Waals surface area contributed by atoms with Gasteiger partial charge in [-0.05, 0) is 94.5 Å². The van der Waals surface area contributed by atoms with Gasteiger partial charge in [0.2, 0.25) is 0 Å². The highest BCUT2D eigenvalue weighted by atomic mass is 16.3. The maximum absolute atomic E-state index is 6.89. The van der Waals surface area contributed by atoms with Gasteiger partial charge in [0.1, 0.15) is 11.2 Å². The SMILES string of the molecule is c1ccc(-c2ccc(N(c3ccc(-c4ccccc4)cc3)c3ccc4c(oc5ccccc54)c3-c3cccc(-n4c5ccccc5c5ccccc54)c3)cc2)cc1. The monoisotopic (exact) mass is 728 g/mol. The summed E-state index contributed by atoms with van der Waals surface area (Å²) in [7, 11) is 0. The summed E-state index contributed by atoms with van der Waals surface area (Å²) < 4.78 is 9.28. The van der Waals surface area contributed by atoms with E-state index in [9.17, 15) is 0 Å². The summed E-state index contributed by atoms with van der Waals surface area (Å²) in [5.74, 6) is 0. The Kier molecular flexibility index (Phi) is 7.82. The molecule has 0 radical (unpaired) electrons. The second-order valence-electron chi connectivity index (χ2n) is 14.5. The fourth-order valence-corrected chi connectivity index (χ4v) is 8.54. The minimum atomic E-state index is 0.861. The molecule has 2 heterocycles. The van der Waals surface area contributed by atoms with Crippen LogP contribution in [0.3, 0.4) is 0 Å². The molecule has 0 bridgehead atoms. The topological polar surface area (TPSA) is 21.3 Å². The molecule has 11 aromatic rings. The van der Waals surface area contributed by atoms with Crippen molar-refractivity contribution in [3.8, 4) is 39.1 Å². The molecule has 0 saturated carbocycles. The van der Waals surface area contributed by atoms with E-state index in [4.69, 9.17) is 4.42 Å². The molecule has 11 rings (SSSR count). The molecule has 0 amide bonds. The van der Waals surface area contributed by atoms with Crippen LogP contribution in [0.2, 0.25) is 0 Å². The number of para-hydroxylation sites is 3. The van der Waals surface area contributed by atoms with Gasteiger partial charge in [0.25, 0.3) is 0 Å². The predicted octanol–water partition coefficient (Wildman–Crippen LogP) is 15.2. The minimum absolute atomic E-state index is 0.861. The summed E-state index contributed by atoms with van der Waals surface area (Å²) in [6.07, 6.45) is 0. The number of benzene rings is 9. The quantitative estimate of drug-likeness (QED) is 0.163. The molecule has 9 aromatic carbocycles. The lowest BCUT2D eigenvalue weighted by Gasteiger charge is -2.28. The van der Waals surface area contributed by atoms with E-state index in [2.05, 4.69) is 222 Å². The Labute approximate surface area is 330 Å². The van der Waals surface area contributed by atoms with Crippen LogP contribution in [0.4, 0.5) is 17.1 Å². The van der Waals surface area contributed by atoms with Gasteiger partial charge < -0.3 is 13.9 Å². The molecule has 0 unspecified atom stereocenters. The highest BCUT2D eigenvalue weighted by molar-refractivity contribution is 6.14. The van der Waals surface area contributed by atoms with Gasteiger partial charge in [0, 0.05) is 44.2 Å². The Morgan fingerprint density at radius 1 is 0.351 bits per heavy atom. The zero-order valence-electron chi connectivity index (χ0n) is 31.1. The molecular formula is C54H36N2O. The van der Waals surface area contributed by atoms with Gasteiger partial charge >= 0.3 is 0 Å². The van der Waals surface area contributed by atoms with E-state index in [-0.39, 0.29) is 0 Å². The van der Waals surface area contributed by atoms with Gasteiger partial charge in [-0.15, -0.1) is 0 Å². The molecule has 3 heteroatoms. The Balaban J connectivity index is 1.16. The van der Waals surface area contributed by atoms with Crippen molar-refractivity contribution in [2.75, 3.05) is 4.90 Å². The summed E-state index contributed by atoms with van der Waals surface area (Å²) >= 11 is 0. The van der Waals surface area contributed by atoms with E-state index in [1.165, 1.54) is 44.1 Å². The van der Waals surface area contributed by atoms with E-state index >= 15 is 0 Å². The third-order valence-electron chi connectivity index (χ3n) is 11.2. The van der Waals surface area contributed by atoms with Crippen molar-refractivity contribution < 1.29 is 4.42 Å². The number of anilines is 3. The van der Waals surface area contributed by atoms with Crippen molar-refractivity contribution in [2.24, 2.45) is 0 Å². The van der Waals surface area contributed by atoms with Gasteiger partial charge in [0.05, 0.1) is 16.7 Å². The number of aromatic nitrogens is 1. The molecule has 3 nitrogen and oxygen atoms in total. The smallest absolute Gasteiger partial charge is 0.145 e. The summed E-state index contributed by atoms with van der Waals surface area (Å²) in [6.45, 7) is 0. The Bertz CT molecular complexity index is 3080. The van der Waals surface area contributed by atoms with Crippen molar-refractivity contribution >= 4 is 60.8 Å². The van der Waals surface area contributed by atoms with E-state index < -0.39 is 0 Å². The fourth-order valence-electron chi connectivity index (χ4n) is 8.54. The molecule has 0 N–H and O–H groups in total. The fraction of sp³-hybridized carbons (Fsp3) is 0. The van der Waals surface area contributed by atoms with Gasteiger partial charge in [-0.2, -0.15) is 0 Å². The molecule has 268 valence electrons. The van der Waals surface area contributed by atoms with Crippen molar-refractivity contribution in [3.05, 3.63) is 218 Å². The number of rotatable bonds is 7. The first kappa shape index (κ1) is 32.8. The zero-order valence-corrected chi connectivity index (χ0v) is 31.1. The number of hydrogen-bond donors (Lipinski definition) is 0. The first-order valence-corrected chi connectivity index (χ1v) is 19.4. The van der Waals surface area contributed by atoms with Gasteiger partial charge in [-0.1, -0.05) is 152 Å². The van der Waals surface area contributed by atoms with Crippen molar-refractivity contribution in [1.29, 1.82) is 0 Å². The van der Waals surface area contributed by atoms with Crippen LogP contribution in [0.1, 0.15) is 0 Å². The van der Waals surface area contributed by atoms with Crippen LogP contribution in [0.15, 0.2) is 223 Å². The second kappa shape index (κ2) is 13.6. The lowest BCUT2D eigenvalue weighted by molar-refractivity contribution is 0.670. The summed E-state index contributed by atoms with van der Waals surface area (Å²) in [6, 6.07) is 78.0. The van der Waals surface area contributed by atoms with Gasteiger partial charge in [-0.25, -0.2) is 0 Å². The first-order valence-electron chi connectivity index (χ1n) is 19.4. The standard InChI is InChI=1S/C54H36N2O/c1-3-14-37(15-4-1)39-26-30-42(31-27-39)55(43-32-28-40(29-33-43)38-16-5-2-6-17-38)51-35-34-48-47-22-9-12-25-52(47)57-54(48)53(51)41-18-13-19-44(36-41)56-49-23-10-7-20-45(49)46-21-8-11-24-50(46)56/h1-36H. The number of nitrogens with zero attached hydrogens (tertiary/aromatic N) is 2. The van der Waals surface area contributed by atoms with Crippen LogP contribution < -0.4 is 4.90 Å². The summed E-state index contributed by atoms with van der Waals surface area (Å²) in [5.41, 5.74) is 15.1. The molecule has 0 fully saturated rings. The third kappa shape index (κ3) is 5.60. The summed E-state index contributed by atoms with van der Waals surface area (Å²) in [4.78, 5) is 2.37. The molecule has 57 heavy (non-hydrogen) atoms. The second-order valence-corrected chi connectivity index (χ2v) is 14.5. The molecule has 0 saturated heterocycles. The Morgan fingerprint density at radius 3 is 1.44 bits per heavy atom. The number of furan rings is 1. The molecule has 2 aromatic heterocycles. The lowest BCUT2D eigenvalue weighted by Crippen LogP contribution is -2.11. The van der Waals surface area contributed by atoms with E-state index in [1.807, 2.05) is 6.07 Å². The summed E-state index contributed by atoms with van der Waals surface area (Å²) in [5, 5.41) is 4.67. The van der Waals surface area contributed by atoms with Crippen LogP contribution in [0.5, 0.6) is 0 Å². The van der Waals surface area contributed by atoms with E-state index in [0.29, 0.717) is 0 Å². The van der Waals surface area contributed by atoms with Crippen molar-refractivity contribution in [2.45, 2.75) is 0 Å². The zero-order chi connectivity index (χ0) is 37.7. The van der Waals surface area contributed by atoms with Crippen LogP contribution in [-0.2, 0) is 0 Å². The maximum Gasteiger partial charge on any atom is 0.145 e. The maximum atomic E-state index is 6.89. The Morgan fingerprint density at radius 2 is 0.842 bits per heavy atom. The molecule has 0 spiro atoms. The van der Waals surface area contributed by atoms with Crippen LogP contribution >= 0.6 is 0 Å². The normalized spacial score (nSPS) is 11.5. The number of hydrogen-bond acceptors (Lipinski definition) is 2. The van der Waals surface area contributed by atoms with Gasteiger partial charge in [-0.3, -0.25) is 0 Å². The highest BCUT2D eigenvalue weighted by Crippen LogP contribution is 2.47. The average molecular weight is 729 g/mol. The minimum Gasteiger partial charge on any atom is -0.455 e. The lowest BCUT2D eigenvalue weighted by atomic mass is 9.97. The molecule has 0 aliphatic heterocycles. The van der Waals surface area contributed by atoms with E-state index in [0.717, 1.165) is 55.8 Å². The molecule has 0 aliphatic carbocycles. The largest absolute Gasteiger partial charge is 0.455 e. The van der Waals surface area contributed by atoms with Crippen LogP contribution in [-0.4, -0.2) is 4.57 Å². The highest BCUT2D eigenvalue weighted by Gasteiger charge is 2.24. The molecular weight excluding hydrogens is 693 g/mol. The molecule has 0 aliphatic rings. The third-order valence-corrected chi connectivity index (χ3v) is 11.2.